The first-order valence-corrected chi connectivity index (χ1v) is 22.3. The van der Waals surface area contributed by atoms with Gasteiger partial charge < -0.3 is 90.9 Å². The summed E-state index contributed by atoms with van der Waals surface area (Å²) in [4.78, 5) is 125. The van der Waals surface area contributed by atoms with E-state index in [-0.39, 0.29) is 113 Å². The zero-order chi connectivity index (χ0) is 95.0. The number of aliphatic hydroxyl groups excluding tert-OH is 1. The number of ether oxygens (including phenoxy) is 1. The molecule has 1 aliphatic heterocycles. The number of imide groups is 1. The molecule has 1 fully saturated rings. The second kappa shape index (κ2) is 86.1. The average Bonchev–Trinajstić information content (AvgIpc) is 1.52. The molecular formula is C56H115ClKN8NaO20. The Labute approximate surface area is 633 Å². The van der Waals surface area contributed by atoms with Crippen molar-refractivity contribution >= 4 is 84.9 Å². The quantitative estimate of drug-likeness (QED) is 0.0115. The number of aliphatic hydroxyl groups is 1. The van der Waals surface area contributed by atoms with Gasteiger partial charge in [0.1, 0.15) is 49.1 Å². The molecule has 0 aromatic heterocycles. The van der Waals surface area contributed by atoms with Gasteiger partial charge in [0.25, 0.3) is 5.91 Å². The SMILES string of the molecule is C.CC(=O)OC(C)=O.CC(C)=CC=O.Cl.N.[2H]C(C)(C)C([2H])([2H])C(O)C#N.[2H]C(C)(C)C([2H])([2H])C([2H])(N)C(=O)O.[2H]C(C)(C)C([2H])([2H])C([2H])(NC(C)=O)C(=O)O.[2H]C(C)(C)C([2H])([2H])C1NC(=O)NC1=O.[2H]C(C)(C)C([2H])([2H])C=O.[2H]C(C)(C)C([2H])([2H])[C@]([2H])(NC(C)=O)C(=O)O.[2H]C(C=O)C([2H])(C)C.[2H]O[2H].[2H]O[2H].[2H][2H].[2H][O-].[C-]#N.[K+].[Na+]. The summed E-state index contributed by atoms with van der Waals surface area (Å²) in [6, 6.07) is -9.21. The zero-order valence-electron chi connectivity index (χ0n) is 82.9. The number of allylic oxidation sites excluding steroid dienone is 2. The summed E-state index contributed by atoms with van der Waals surface area (Å²) in [6.45, 7) is 30.9. The van der Waals surface area contributed by atoms with E-state index in [0.29, 0.717) is 6.29 Å². The third-order valence-electron chi connectivity index (χ3n) is 5.59. The van der Waals surface area contributed by atoms with Crippen molar-refractivity contribution in [3.05, 3.63) is 18.2 Å². The molecule has 1 rings (SSSR count). The van der Waals surface area contributed by atoms with Gasteiger partial charge in [-0.1, -0.05) is 110 Å². The molecular weight excluding hydrogens is 1200 g/mol. The van der Waals surface area contributed by atoms with Crippen LogP contribution in [0.3, 0.4) is 0 Å². The van der Waals surface area contributed by atoms with Crippen LogP contribution < -0.4 is 114 Å². The van der Waals surface area contributed by atoms with Crippen molar-refractivity contribution in [3.63, 3.8) is 0 Å². The van der Waals surface area contributed by atoms with Crippen molar-refractivity contribution < 1.29 is 216 Å². The number of nitriles is 1. The van der Waals surface area contributed by atoms with Crippen LogP contribution in [0.5, 0.6) is 0 Å². The first-order chi connectivity index (χ1) is 49.1. The normalized spacial score (nSPS) is 19.3. The van der Waals surface area contributed by atoms with Crippen molar-refractivity contribution in [3.8, 4) is 6.07 Å². The molecule has 0 spiro atoms. The summed E-state index contributed by atoms with van der Waals surface area (Å²) in [5.41, 5.74) is 19.0. The largest absolute Gasteiger partial charge is 1.00 e. The Morgan fingerprint density at radius 1 is 0.736 bits per heavy atom. The van der Waals surface area contributed by atoms with E-state index < -0.39 is 170 Å². The van der Waals surface area contributed by atoms with Gasteiger partial charge in [-0.2, -0.15) is 5.26 Å². The van der Waals surface area contributed by atoms with Crippen LogP contribution >= 0.6 is 12.4 Å². The van der Waals surface area contributed by atoms with E-state index in [9.17, 15) is 57.5 Å². The van der Waals surface area contributed by atoms with Crippen molar-refractivity contribution in [2.75, 3.05) is 0 Å². The van der Waals surface area contributed by atoms with E-state index in [1.54, 1.807) is 24.5 Å². The monoisotopic (exact) mass is 1350 g/mol. The number of aldehydes is 3. The fourth-order valence-electron chi connectivity index (χ4n) is 3.16. The molecule has 87 heavy (non-hydrogen) atoms. The van der Waals surface area contributed by atoms with Crippen LogP contribution in [0.25, 0.3) is 0 Å². The number of urea groups is 1. The molecule has 31 heteroatoms. The smallest absolute Gasteiger partial charge is 0.870 e. The first-order valence-electron chi connectivity index (χ1n) is 37.0. The summed E-state index contributed by atoms with van der Waals surface area (Å²) >= 11 is 0. The van der Waals surface area contributed by atoms with Crippen molar-refractivity contribution in [1.82, 2.24) is 27.4 Å². The number of carboxylic acid groups (broad SMARTS) is 3. The predicted octanol–water partition coefficient (Wildman–Crippen LogP) is 0.300. The van der Waals surface area contributed by atoms with Crippen LogP contribution in [0.4, 0.5) is 4.79 Å². The first kappa shape index (κ1) is 61.7. The van der Waals surface area contributed by atoms with Crippen LogP contribution in [0.15, 0.2) is 11.6 Å². The molecule has 1 saturated heterocycles. The number of hydrogen-bond acceptors (Lipinski definition) is 19. The van der Waals surface area contributed by atoms with E-state index in [1.165, 1.54) is 81.4 Å². The number of esters is 2. The van der Waals surface area contributed by atoms with E-state index in [2.05, 4.69) is 22.4 Å². The molecule has 508 valence electrons. The van der Waals surface area contributed by atoms with Crippen LogP contribution in [-0.4, -0.2) is 145 Å². The second-order valence-corrected chi connectivity index (χ2v) is 16.1. The van der Waals surface area contributed by atoms with Crippen LogP contribution in [-0.2, 0) is 57.5 Å². The van der Waals surface area contributed by atoms with Crippen molar-refractivity contribution in [2.24, 2.45) is 47.0 Å². The third-order valence-corrected chi connectivity index (χ3v) is 5.59. The van der Waals surface area contributed by atoms with Crippen LogP contribution in [0.1, 0.15) is 226 Å². The van der Waals surface area contributed by atoms with Crippen molar-refractivity contribution in [1.29, 1.82) is 16.2 Å². The molecule has 5 unspecified atom stereocenters. The molecule has 0 aliphatic carbocycles. The Bertz CT molecular complexity index is 2900. The number of nitrogens with zero attached hydrogens (tertiary/aromatic N) is 2. The van der Waals surface area contributed by atoms with Gasteiger partial charge in [0.15, 0.2) is 0 Å². The summed E-state index contributed by atoms with van der Waals surface area (Å²) < 4.78 is 209. The fraction of sp³-hybridized carbons (Fsp3) is 0.714. The maximum absolute atomic E-state index is 11.2. The Morgan fingerprint density at radius 2 is 1.08 bits per heavy atom. The molecule has 6 atom stereocenters. The summed E-state index contributed by atoms with van der Waals surface area (Å²) in [6.07, 6.45) is -14.2. The predicted molar refractivity (Wildman–Crippen MR) is 330 cm³/mol. The Balaban J connectivity index is -0.0000000583. The number of aliphatic carboxylic acids is 3. The fourth-order valence-corrected chi connectivity index (χ4v) is 3.16. The molecule has 28 nitrogen and oxygen atoms in total. The van der Waals surface area contributed by atoms with Crippen LogP contribution in [0, 0.1) is 64.4 Å². The minimum atomic E-state index is -2.88. The van der Waals surface area contributed by atoms with E-state index in [1.807, 2.05) is 19.2 Å². The number of halogens is 1. The number of carbonyl (C=O) groups is 12. The standard InChI is InChI=1S/2C8H15NO3.C7H12N2O2.C6H13NO2.C6H11NO.2C5H10O.C5H8O.C4H6O3.CN.CH4.ClH.K.H3N.Na.3H2O.H2/c2*1-5(2)4-7(8(11)12)9-6(3)10;1-4(2)3-5-6(10)9-7(11)8-5;1-4(2)3-5(7)6(8)9;1-5(2)3-6(8)4-7;3*1-5(2)3-4-6;1-3(5)7-4(2)6;1-2;;;;;;;;;/h2*5,7H,4H2,1-3H3,(H,9,10)(H,11,12);4-5H,3H2,1-2H3,(H2,8,9,10,11);4-5H,3,7H2,1-2H3,(H,8,9);5-6,8H,3H2,1-2H3;2*4-5H,3H2,1-2H3;3-4H,1-2H3;1-2H3;;1H4;1H;;1H3;;3*1H2;1H/q;;;;;;;;;-1;;;+1;;+1;;;;/p-1/t7-;;;;;;;;;;;;;;;;;;/m0................../s1/i2*4D2,5D,7D;3D2,4D;3D2,4D,5D;2*3D2,5D;3D,5D;;;;;;;;;;;;1+1D/hD5. The Morgan fingerprint density at radius 3 is 1.18 bits per heavy atom. The summed E-state index contributed by atoms with van der Waals surface area (Å²) in [5, 5.41) is 57.1. The molecule has 0 saturated carbocycles. The van der Waals surface area contributed by atoms with Gasteiger partial charge in [-0.15, -0.1) is 13.8 Å². The molecule has 18 N–H and O–H groups in total. The van der Waals surface area contributed by atoms with Gasteiger partial charge in [0, 0.05) is 70.8 Å². The van der Waals surface area contributed by atoms with E-state index in [4.69, 9.17) is 89.0 Å². The van der Waals surface area contributed by atoms with E-state index in [0.717, 1.165) is 53.4 Å². The molecule has 0 radical (unpaired) electrons. The van der Waals surface area contributed by atoms with Crippen LogP contribution in [0.2, 0.25) is 0 Å². The number of nitrogens with one attached hydrogen (secondary N) is 4. The zero-order valence-corrected chi connectivity index (χ0v) is 58.9. The second-order valence-electron chi connectivity index (χ2n) is 16.1. The number of hydrogen-bond donors (Lipinski definition) is 10. The number of rotatable bonds is 20. The van der Waals surface area contributed by atoms with Gasteiger partial charge in [-0.3, -0.25) is 38.9 Å². The van der Waals surface area contributed by atoms with Gasteiger partial charge in [-0.25, -0.2) is 14.4 Å². The molecule has 0 aromatic carbocycles. The maximum atomic E-state index is 11.2. The Kier molecular flexibility index (Phi) is 61.0. The molecule has 0 aromatic rings. The molecule has 5 amide bonds. The van der Waals surface area contributed by atoms with Gasteiger partial charge >= 0.3 is 117 Å². The van der Waals surface area contributed by atoms with Gasteiger partial charge in [0.05, 0.1) is 10.2 Å². The summed E-state index contributed by atoms with van der Waals surface area (Å²) in [7, 11) is 0. The Hall–Kier alpha value is -4.15. The molecule has 1 aliphatic rings. The van der Waals surface area contributed by atoms with Gasteiger partial charge in [0.2, 0.25) is 17.5 Å². The number of amides is 5. The molecule has 0 bridgehead atoms. The number of carbonyl (C=O) groups excluding carboxylic acids is 9. The third kappa shape index (κ3) is 132. The maximum Gasteiger partial charge on any atom is 1.00 e. The topological polar surface area (TPSA) is 545 Å². The average molecular weight is 1350 g/mol. The number of nitrogens with two attached hydrogens (primary N) is 1. The minimum Gasteiger partial charge on any atom is -0.870 e. The minimum absolute atomic E-state index is 0. The van der Waals surface area contributed by atoms with Gasteiger partial charge in [-0.05, 0) is 93.0 Å². The molecule has 1 heterocycles. The van der Waals surface area contributed by atoms with Crippen molar-refractivity contribution in [2.45, 2.75) is 221 Å². The summed E-state index contributed by atoms with van der Waals surface area (Å²) in [5.74, 6) is -19.7. The number of carboxylic acids is 3. The van der Waals surface area contributed by atoms with E-state index >= 15 is 0 Å².